The molecule has 2 amide bonds. The van der Waals surface area contributed by atoms with E-state index in [4.69, 9.17) is 11.6 Å². The van der Waals surface area contributed by atoms with Gasteiger partial charge >= 0.3 is 6.03 Å². The number of urea groups is 1. The molecule has 1 aromatic heterocycles. The molecule has 1 aromatic carbocycles. The summed E-state index contributed by atoms with van der Waals surface area (Å²) >= 11 is 6.03. The summed E-state index contributed by atoms with van der Waals surface area (Å²) < 4.78 is 0. The molecule has 3 rings (SSSR count). The van der Waals surface area contributed by atoms with E-state index < -0.39 is 0 Å². The van der Waals surface area contributed by atoms with Crippen molar-refractivity contribution < 1.29 is 4.79 Å². The first-order valence-corrected chi connectivity index (χ1v) is 8.70. The summed E-state index contributed by atoms with van der Waals surface area (Å²) in [6.45, 7) is 4.08. The minimum atomic E-state index is -0.0707. The number of carbonyl (C=O) groups excluding carboxylic acids is 1. The Morgan fingerprint density at radius 1 is 1.44 bits per heavy atom. The topological polar surface area (TPSA) is 61.4 Å². The number of rotatable bonds is 4. The number of amides is 2. The smallest absolute Gasteiger partial charge is 0.317 e. The van der Waals surface area contributed by atoms with Gasteiger partial charge in [-0.15, -0.1) is 5.10 Å². The number of benzene rings is 1. The summed E-state index contributed by atoms with van der Waals surface area (Å²) in [7, 11) is 1.84. The standard InChI is InChI=1S/C18H22ClN5O/c1-13-10-14(5-6-16(13)19)11-20-18(25)23(2)15-7-9-24(12-15)17-4-3-8-21-22-17/h3-6,8,10,15H,7,9,11-12H2,1-2H3,(H,20,25)/t15-/m0/s1. The zero-order chi connectivity index (χ0) is 17.8. The molecule has 1 aliphatic rings. The lowest BCUT2D eigenvalue weighted by atomic mass is 10.1. The third-order valence-electron chi connectivity index (χ3n) is 4.58. The van der Waals surface area contributed by atoms with Gasteiger partial charge in [-0.3, -0.25) is 0 Å². The van der Waals surface area contributed by atoms with Crippen LogP contribution in [-0.4, -0.2) is 47.3 Å². The van der Waals surface area contributed by atoms with Crippen LogP contribution in [0.15, 0.2) is 36.5 Å². The van der Waals surface area contributed by atoms with Crippen molar-refractivity contribution in [3.63, 3.8) is 0 Å². The van der Waals surface area contributed by atoms with Crippen molar-refractivity contribution in [3.8, 4) is 0 Å². The molecule has 0 aliphatic carbocycles. The van der Waals surface area contributed by atoms with Gasteiger partial charge in [-0.25, -0.2) is 4.79 Å². The number of hydrogen-bond donors (Lipinski definition) is 1. The summed E-state index contributed by atoms with van der Waals surface area (Å²) in [4.78, 5) is 16.4. The highest BCUT2D eigenvalue weighted by atomic mass is 35.5. The molecule has 0 saturated carbocycles. The third-order valence-corrected chi connectivity index (χ3v) is 5.00. The number of nitrogens with zero attached hydrogens (tertiary/aromatic N) is 4. The van der Waals surface area contributed by atoms with E-state index in [1.165, 1.54) is 0 Å². The zero-order valence-corrected chi connectivity index (χ0v) is 15.2. The van der Waals surface area contributed by atoms with Crippen molar-refractivity contribution in [2.24, 2.45) is 0 Å². The molecule has 6 nitrogen and oxygen atoms in total. The molecule has 7 heteroatoms. The molecule has 1 aliphatic heterocycles. The summed E-state index contributed by atoms with van der Waals surface area (Å²) in [5.74, 6) is 0.857. The Hall–Kier alpha value is -2.34. The lowest BCUT2D eigenvalue weighted by Crippen LogP contribution is -2.44. The molecule has 132 valence electrons. The van der Waals surface area contributed by atoms with Gasteiger partial charge in [-0.1, -0.05) is 23.7 Å². The van der Waals surface area contributed by atoms with Crippen molar-refractivity contribution in [1.29, 1.82) is 0 Å². The maximum absolute atomic E-state index is 12.4. The first-order chi connectivity index (χ1) is 12.0. The maximum Gasteiger partial charge on any atom is 0.317 e. The largest absolute Gasteiger partial charge is 0.353 e. The SMILES string of the molecule is Cc1cc(CNC(=O)N(C)[C@H]2CCN(c3cccnn3)C2)ccc1Cl. The van der Waals surface area contributed by atoms with Crippen molar-refractivity contribution in [2.45, 2.75) is 25.9 Å². The average molecular weight is 360 g/mol. The van der Waals surface area contributed by atoms with Gasteiger partial charge in [0.1, 0.15) is 0 Å². The molecule has 0 radical (unpaired) electrons. The number of hydrogen-bond acceptors (Lipinski definition) is 4. The van der Waals surface area contributed by atoms with Crippen LogP contribution in [0.2, 0.25) is 5.02 Å². The molecular formula is C18H22ClN5O. The van der Waals surface area contributed by atoms with E-state index in [1.807, 2.05) is 44.3 Å². The lowest BCUT2D eigenvalue weighted by molar-refractivity contribution is 0.194. The number of halogens is 1. The van der Waals surface area contributed by atoms with Gasteiger partial charge < -0.3 is 15.1 Å². The van der Waals surface area contributed by atoms with E-state index in [-0.39, 0.29) is 12.1 Å². The monoisotopic (exact) mass is 359 g/mol. The predicted octanol–water partition coefficient (Wildman–Crippen LogP) is 2.86. The minimum absolute atomic E-state index is 0.0707. The van der Waals surface area contributed by atoms with Crippen molar-refractivity contribution in [2.75, 3.05) is 25.0 Å². The van der Waals surface area contributed by atoms with E-state index in [0.717, 1.165) is 41.5 Å². The van der Waals surface area contributed by atoms with Gasteiger partial charge in [0.15, 0.2) is 5.82 Å². The second kappa shape index (κ2) is 7.70. The van der Waals surface area contributed by atoms with Crippen molar-refractivity contribution in [3.05, 3.63) is 52.7 Å². The number of aryl methyl sites for hydroxylation is 1. The molecular weight excluding hydrogens is 338 g/mol. The van der Waals surface area contributed by atoms with Crippen LogP contribution in [0.1, 0.15) is 17.5 Å². The van der Waals surface area contributed by atoms with Crippen molar-refractivity contribution >= 4 is 23.4 Å². The summed E-state index contributed by atoms with van der Waals surface area (Å²) in [5.41, 5.74) is 2.05. The van der Waals surface area contributed by atoms with Gasteiger partial charge in [0.05, 0.1) is 6.04 Å². The van der Waals surface area contributed by atoms with Crippen LogP contribution in [-0.2, 0) is 6.54 Å². The quantitative estimate of drug-likeness (QED) is 0.911. The Morgan fingerprint density at radius 3 is 3.00 bits per heavy atom. The highest BCUT2D eigenvalue weighted by Crippen LogP contribution is 2.20. The second-order valence-corrected chi connectivity index (χ2v) is 6.73. The fourth-order valence-corrected chi connectivity index (χ4v) is 3.13. The number of likely N-dealkylation sites (N-methyl/N-ethyl adjacent to an activating group) is 1. The molecule has 1 fully saturated rings. The van der Waals surface area contributed by atoms with Crippen LogP contribution in [0, 0.1) is 6.92 Å². The second-order valence-electron chi connectivity index (χ2n) is 6.32. The van der Waals surface area contributed by atoms with E-state index in [9.17, 15) is 4.79 Å². The van der Waals surface area contributed by atoms with Gasteiger partial charge in [-0.05, 0) is 42.7 Å². The fraction of sp³-hybridized carbons (Fsp3) is 0.389. The van der Waals surface area contributed by atoms with E-state index in [1.54, 1.807) is 11.1 Å². The highest BCUT2D eigenvalue weighted by Gasteiger charge is 2.29. The third kappa shape index (κ3) is 4.20. The number of nitrogens with one attached hydrogen (secondary N) is 1. The van der Waals surface area contributed by atoms with Gasteiger partial charge in [0.25, 0.3) is 0 Å². The lowest BCUT2D eigenvalue weighted by Gasteiger charge is -2.25. The van der Waals surface area contributed by atoms with E-state index >= 15 is 0 Å². The molecule has 1 N–H and O–H groups in total. The van der Waals surface area contributed by atoms with Gasteiger partial charge in [0.2, 0.25) is 0 Å². The molecule has 25 heavy (non-hydrogen) atoms. The Morgan fingerprint density at radius 2 is 2.28 bits per heavy atom. The number of carbonyl (C=O) groups is 1. The molecule has 1 saturated heterocycles. The maximum atomic E-state index is 12.4. The van der Waals surface area contributed by atoms with E-state index in [2.05, 4.69) is 20.4 Å². The summed E-state index contributed by atoms with van der Waals surface area (Å²) in [5, 5.41) is 11.8. The van der Waals surface area contributed by atoms with Crippen molar-refractivity contribution in [1.82, 2.24) is 20.4 Å². The highest BCUT2D eigenvalue weighted by molar-refractivity contribution is 6.31. The van der Waals surface area contributed by atoms with Crippen LogP contribution in [0.25, 0.3) is 0 Å². The molecule has 0 unspecified atom stereocenters. The number of anilines is 1. The molecule has 2 heterocycles. The van der Waals surface area contributed by atoms with Crippen LogP contribution in [0.5, 0.6) is 0 Å². The fourth-order valence-electron chi connectivity index (χ4n) is 3.01. The Kier molecular flexibility index (Phi) is 5.38. The first-order valence-electron chi connectivity index (χ1n) is 8.33. The van der Waals surface area contributed by atoms with Crippen LogP contribution < -0.4 is 10.2 Å². The van der Waals surface area contributed by atoms with E-state index in [0.29, 0.717) is 6.54 Å². The van der Waals surface area contributed by atoms with Crippen LogP contribution in [0.4, 0.5) is 10.6 Å². The zero-order valence-electron chi connectivity index (χ0n) is 14.4. The minimum Gasteiger partial charge on any atom is -0.353 e. The summed E-state index contributed by atoms with van der Waals surface area (Å²) in [6, 6.07) is 9.69. The van der Waals surface area contributed by atoms with Crippen LogP contribution >= 0.6 is 11.6 Å². The Labute approximate surface area is 152 Å². The normalized spacial score (nSPS) is 16.8. The molecule has 0 spiro atoms. The van der Waals surface area contributed by atoms with Crippen LogP contribution in [0.3, 0.4) is 0 Å². The predicted molar refractivity (Wildman–Crippen MR) is 98.8 cm³/mol. The Bertz CT molecular complexity index is 740. The van der Waals surface area contributed by atoms with Gasteiger partial charge in [0, 0.05) is 37.9 Å². The molecule has 2 aromatic rings. The molecule has 1 atom stereocenters. The Balaban J connectivity index is 1.53. The first kappa shape index (κ1) is 17.5. The summed E-state index contributed by atoms with van der Waals surface area (Å²) in [6.07, 6.45) is 2.58. The molecule has 0 bridgehead atoms. The number of aromatic nitrogens is 2. The average Bonchev–Trinajstić information content (AvgIpc) is 3.12. The van der Waals surface area contributed by atoms with Gasteiger partial charge in [-0.2, -0.15) is 5.10 Å².